The van der Waals surface area contributed by atoms with Crippen molar-refractivity contribution in [2.75, 3.05) is 25.1 Å². The Morgan fingerprint density at radius 1 is 1.37 bits per heavy atom. The van der Waals surface area contributed by atoms with Gasteiger partial charge in [0.15, 0.2) is 0 Å². The van der Waals surface area contributed by atoms with Gasteiger partial charge in [-0.1, -0.05) is 6.92 Å². The van der Waals surface area contributed by atoms with Crippen LogP contribution >= 0.6 is 0 Å². The molecular weight excluding hydrogens is 242 g/mol. The predicted molar refractivity (Wildman–Crippen MR) is 77.3 cm³/mol. The maximum absolute atomic E-state index is 11.6. The fourth-order valence-electron chi connectivity index (χ4n) is 2.08. The highest BCUT2D eigenvalue weighted by Crippen LogP contribution is 2.22. The van der Waals surface area contributed by atoms with Crippen molar-refractivity contribution in [3.63, 3.8) is 0 Å². The second-order valence-corrected chi connectivity index (χ2v) is 4.36. The highest BCUT2D eigenvalue weighted by Gasteiger charge is 2.21. The Morgan fingerprint density at radius 2 is 2.00 bits per heavy atom. The molecule has 1 amide bonds. The summed E-state index contributed by atoms with van der Waals surface area (Å²) in [6, 6.07) is 7.30. The molecule has 1 aromatic rings. The quantitative estimate of drug-likeness (QED) is 0.738. The van der Waals surface area contributed by atoms with E-state index >= 15 is 0 Å². The number of rotatable bonds is 8. The Kier molecular flexibility index (Phi) is 6.15. The SMILES string of the molecule is CCC(C(N)=O)N(CCCN)c1ccc(OC)cc1. The number of benzene rings is 1. The number of ether oxygens (including phenoxy) is 1. The second kappa shape index (κ2) is 7.63. The summed E-state index contributed by atoms with van der Waals surface area (Å²) in [7, 11) is 1.62. The second-order valence-electron chi connectivity index (χ2n) is 4.36. The number of hydrogen-bond acceptors (Lipinski definition) is 4. The molecule has 1 atom stereocenters. The molecule has 0 aromatic heterocycles. The van der Waals surface area contributed by atoms with Crippen LogP contribution in [0.5, 0.6) is 5.75 Å². The van der Waals surface area contributed by atoms with Gasteiger partial charge in [0.25, 0.3) is 0 Å². The Labute approximate surface area is 114 Å². The zero-order chi connectivity index (χ0) is 14.3. The molecule has 0 saturated carbocycles. The van der Waals surface area contributed by atoms with Crippen molar-refractivity contribution in [1.82, 2.24) is 0 Å². The third kappa shape index (κ3) is 4.13. The molecule has 19 heavy (non-hydrogen) atoms. The van der Waals surface area contributed by atoms with Crippen LogP contribution in [0.4, 0.5) is 5.69 Å². The van der Waals surface area contributed by atoms with Crippen LogP contribution < -0.4 is 21.1 Å². The number of carbonyl (C=O) groups excluding carboxylic acids is 1. The van der Waals surface area contributed by atoms with Crippen LogP contribution in [-0.2, 0) is 4.79 Å². The first-order valence-corrected chi connectivity index (χ1v) is 6.54. The number of primary amides is 1. The Bertz CT molecular complexity index is 392. The lowest BCUT2D eigenvalue weighted by atomic mass is 10.1. The van der Waals surface area contributed by atoms with E-state index in [0.717, 1.165) is 17.9 Å². The Balaban J connectivity index is 2.96. The fourth-order valence-corrected chi connectivity index (χ4v) is 2.08. The Morgan fingerprint density at radius 3 is 2.42 bits per heavy atom. The molecule has 0 saturated heterocycles. The van der Waals surface area contributed by atoms with Crippen molar-refractivity contribution in [2.45, 2.75) is 25.8 Å². The third-order valence-corrected chi connectivity index (χ3v) is 3.10. The monoisotopic (exact) mass is 265 g/mol. The minimum Gasteiger partial charge on any atom is -0.497 e. The number of carbonyl (C=O) groups is 1. The van der Waals surface area contributed by atoms with Gasteiger partial charge in [0.2, 0.25) is 5.91 Å². The summed E-state index contributed by atoms with van der Waals surface area (Å²) >= 11 is 0. The fraction of sp³-hybridized carbons (Fsp3) is 0.500. The van der Waals surface area contributed by atoms with Gasteiger partial charge in [-0.15, -0.1) is 0 Å². The number of hydrogen-bond donors (Lipinski definition) is 2. The van der Waals surface area contributed by atoms with Crippen LogP contribution in [0.25, 0.3) is 0 Å². The van der Waals surface area contributed by atoms with Crippen molar-refractivity contribution < 1.29 is 9.53 Å². The first-order chi connectivity index (χ1) is 9.13. The van der Waals surface area contributed by atoms with Gasteiger partial charge >= 0.3 is 0 Å². The summed E-state index contributed by atoms with van der Waals surface area (Å²) in [5.41, 5.74) is 12.0. The van der Waals surface area contributed by atoms with Crippen LogP contribution in [0, 0.1) is 0 Å². The number of methoxy groups -OCH3 is 1. The van der Waals surface area contributed by atoms with E-state index in [-0.39, 0.29) is 11.9 Å². The summed E-state index contributed by atoms with van der Waals surface area (Å²) in [5.74, 6) is 0.477. The van der Waals surface area contributed by atoms with E-state index < -0.39 is 0 Å². The van der Waals surface area contributed by atoms with Gasteiger partial charge in [0.05, 0.1) is 7.11 Å². The molecule has 0 fully saturated rings. The summed E-state index contributed by atoms with van der Waals surface area (Å²) in [5, 5.41) is 0. The first-order valence-electron chi connectivity index (χ1n) is 6.54. The van der Waals surface area contributed by atoms with E-state index in [9.17, 15) is 4.79 Å². The van der Waals surface area contributed by atoms with Gasteiger partial charge in [-0.2, -0.15) is 0 Å². The number of anilines is 1. The van der Waals surface area contributed by atoms with E-state index in [0.29, 0.717) is 19.5 Å². The number of nitrogens with zero attached hydrogens (tertiary/aromatic N) is 1. The van der Waals surface area contributed by atoms with E-state index in [1.54, 1.807) is 7.11 Å². The molecule has 1 unspecified atom stereocenters. The van der Waals surface area contributed by atoms with Crippen LogP contribution in [-0.4, -0.2) is 32.1 Å². The lowest BCUT2D eigenvalue weighted by Crippen LogP contribution is -2.45. The summed E-state index contributed by atoms with van der Waals surface area (Å²) < 4.78 is 5.13. The first kappa shape index (κ1) is 15.3. The van der Waals surface area contributed by atoms with Crippen LogP contribution in [0.2, 0.25) is 0 Å². The predicted octanol–water partition coefficient (Wildman–Crippen LogP) is 1.11. The maximum atomic E-state index is 11.6. The zero-order valence-electron chi connectivity index (χ0n) is 11.6. The van der Waals surface area contributed by atoms with Gasteiger partial charge in [0.1, 0.15) is 11.8 Å². The minimum atomic E-state index is -0.310. The van der Waals surface area contributed by atoms with Crippen molar-refractivity contribution in [2.24, 2.45) is 11.5 Å². The lowest BCUT2D eigenvalue weighted by Gasteiger charge is -2.31. The van der Waals surface area contributed by atoms with Crippen LogP contribution in [0.3, 0.4) is 0 Å². The lowest BCUT2D eigenvalue weighted by molar-refractivity contribution is -0.119. The van der Waals surface area contributed by atoms with E-state index in [1.165, 1.54) is 0 Å². The largest absolute Gasteiger partial charge is 0.497 e. The van der Waals surface area contributed by atoms with Crippen molar-refractivity contribution in [3.05, 3.63) is 24.3 Å². The molecule has 5 heteroatoms. The van der Waals surface area contributed by atoms with Crippen LogP contribution in [0.15, 0.2) is 24.3 Å². The highest BCUT2D eigenvalue weighted by molar-refractivity contribution is 5.83. The molecule has 0 aliphatic heterocycles. The molecule has 0 radical (unpaired) electrons. The summed E-state index contributed by atoms with van der Waals surface area (Å²) in [6.07, 6.45) is 1.49. The van der Waals surface area contributed by atoms with Crippen molar-refractivity contribution >= 4 is 11.6 Å². The average molecular weight is 265 g/mol. The smallest absolute Gasteiger partial charge is 0.240 e. The van der Waals surface area contributed by atoms with Crippen LogP contribution in [0.1, 0.15) is 19.8 Å². The molecule has 1 rings (SSSR count). The molecule has 0 aliphatic carbocycles. The molecule has 0 spiro atoms. The number of nitrogens with two attached hydrogens (primary N) is 2. The molecule has 0 bridgehead atoms. The standard InChI is InChI=1S/C14H23N3O2/c1-3-13(14(16)18)17(10-4-9-15)11-5-7-12(19-2)8-6-11/h5-8,13H,3-4,9-10,15H2,1-2H3,(H2,16,18). The molecule has 4 N–H and O–H groups in total. The van der Waals surface area contributed by atoms with Gasteiger partial charge in [-0.25, -0.2) is 0 Å². The van der Waals surface area contributed by atoms with E-state index in [2.05, 4.69) is 0 Å². The zero-order valence-corrected chi connectivity index (χ0v) is 11.6. The summed E-state index contributed by atoms with van der Waals surface area (Å²) in [6.45, 7) is 3.25. The molecule has 106 valence electrons. The Hall–Kier alpha value is -1.75. The molecular formula is C14H23N3O2. The normalized spacial score (nSPS) is 11.9. The van der Waals surface area contributed by atoms with E-state index in [1.807, 2.05) is 36.1 Å². The molecule has 1 aromatic carbocycles. The molecule has 0 heterocycles. The maximum Gasteiger partial charge on any atom is 0.240 e. The molecule has 0 aliphatic rings. The number of amides is 1. The van der Waals surface area contributed by atoms with Gasteiger partial charge in [0, 0.05) is 12.2 Å². The van der Waals surface area contributed by atoms with E-state index in [4.69, 9.17) is 16.2 Å². The van der Waals surface area contributed by atoms with Crippen molar-refractivity contribution in [1.29, 1.82) is 0 Å². The van der Waals surface area contributed by atoms with Gasteiger partial charge in [-0.3, -0.25) is 4.79 Å². The van der Waals surface area contributed by atoms with Gasteiger partial charge in [-0.05, 0) is 43.7 Å². The molecule has 5 nitrogen and oxygen atoms in total. The van der Waals surface area contributed by atoms with Crippen molar-refractivity contribution in [3.8, 4) is 5.75 Å². The average Bonchev–Trinajstić information content (AvgIpc) is 2.43. The third-order valence-electron chi connectivity index (χ3n) is 3.10. The van der Waals surface area contributed by atoms with Gasteiger partial charge < -0.3 is 21.1 Å². The highest BCUT2D eigenvalue weighted by atomic mass is 16.5. The minimum absolute atomic E-state index is 0.306. The topological polar surface area (TPSA) is 81.6 Å². The summed E-state index contributed by atoms with van der Waals surface area (Å²) in [4.78, 5) is 13.6.